The van der Waals surface area contributed by atoms with Crippen molar-refractivity contribution in [3.63, 3.8) is 0 Å². The van der Waals surface area contributed by atoms with Gasteiger partial charge in [-0.3, -0.25) is 9.00 Å². The first-order valence-electron chi connectivity index (χ1n) is 5.91. The van der Waals surface area contributed by atoms with Crippen LogP contribution in [-0.2, 0) is 16.6 Å². The van der Waals surface area contributed by atoms with Gasteiger partial charge in [0, 0.05) is 0 Å². The van der Waals surface area contributed by atoms with Crippen LogP contribution in [0.4, 0.5) is 0 Å². The number of nitrogens with two attached hydrogens (primary N) is 1. The van der Waals surface area contributed by atoms with E-state index in [0.717, 1.165) is 11.1 Å². The Hall–Kier alpha value is -1.94. The molecule has 1 unspecified atom stereocenters. The summed E-state index contributed by atoms with van der Waals surface area (Å²) >= 11 is 0. The molecular weight excluding hydrogens is 258 g/mol. The van der Waals surface area contributed by atoms with E-state index in [9.17, 15) is 9.00 Å². The van der Waals surface area contributed by atoms with Crippen molar-refractivity contribution in [1.29, 1.82) is 0 Å². The standard InChI is InChI=1S/C15H15NO2S/c1-11-6-2-3-7-12(11)10-19(18)14-9-5-4-8-13(14)15(16)17/h2-9H,10H2,1H3,(H2,16,17). The minimum Gasteiger partial charge on any atom is -0.366 e. The molecule has 0 aromatic heterocycles. The number of hydrogen-bond donors (Lipinski definition) is 1. The van der Waals surface area contributed by atoms with Crippen LogP contribution in [0.2, 0.25) is 0 Å². The topological polar surface area (TPSA) is 60.2 Å². The number of amides is 1. The van der Waals surface area contributed by atoms with Gasteiger partial charge >= 0.3 is 0 Å². The number of carbonyl (C=O) groups is 1. The van der Waals surface area contributed by atoms with Crippen molar-refractivity contribution in [2.75, 3.05) is 0 Å². The Balaban J connectivity index is 2.31. The Morgan fingerprint density at radius 3 is 2.42 bits per heavy atom. The highest BCUT2D eigenvalue weighted by Crippen LogP contribution is 2.18. The Bertz CT molecular complexity index is 638. The van der Waals surface area contributed by atoms with Gasteiger partial charge in [0.1, 0.15) is 0 Å². The predicted molar refractivity (Wildman–Crippen MR) is 76.3 cm³/mol. The third kappa shape index (κ3) is 3.09. The molecule has 0 fully saturated rings. The van der Waals surface area contributed by atoms with E-state index in [4.69, 9.17) is 5.73 Å². The minimum absolute atomic E-state index is 0.328. The maximum absolute atomic E-state index is 12.4. The summed E-state index contributed by atoms with van der Waals surface area (Å²) in [6, 6.07) is 14.6. The molecule has 0 saturated heterocycles. The van der Waals surface area contributed by atoms with Gasteiger partial charge < -0.3 is 5.73 Å². The van der Waals surface area contributed by atoms with Gasteiger partial charge in [0.25, 0.3) is 0 Å². The molecule has 1 atom stereocenters. The minimum atomic E-state index is -1.28. The lowest BCUT2D eigenvalue weighted by Gasteiger charge is -2.08. The number of aryl methyl sites for hydroxylation is 1. The Morgan fingerprint density at radius 1 is 1.11 bits per heavy atom. The van der Waals surface area contributed by atoms with Crippen LogP contribution in [-0.4, -0.2) is 10.1 Å². The maximum Gasteiger partial charge on any atom is 0.249 e. The molecule has 4 heteroatoms. The average Bonchev–Trinajstić information content (AvgIpc) is 2.41. The van der Waals surface area contributed by atoms with E-state index in [-0.39, 0.29) is 0 Å². The van der Waals surface area contributed by atoms with Gasteiger partial charge in [0.2, 0.25) is 5.91 Å². The van der Waals surface area contributed by atoms with Gasteiger partial charge in [-0.05, 0) is 30.2 Å². The van der Waals surface area contributed by atoms with Crippen molar-refractivity contribution in [2.24, 2.45) is 5.73 Å². The van der Waals surface area contributed by atoms with E-state index in [1.54, 1.807) is 24.3 Å². The zero-order valence-electron chi connectivity index (χ0n) is 10.6. The first-order valence-corrected chi connectivity index (χ1v) is 7.23. The molecule has 0 aliphatic heterocycles. The van der Waals surface area contributed by atoms with E-state index in [1.165, 1.54) is 0 Å². The zero-order chi connectivity index (χ0) is 13.8. The normalized spacial score (nSPS) is 12.1. The molecule has 3 nitrogen and oxygen atoms in total. The molecule has 0 aliphatic carbocycles. The summed E-state index contributed by atoms with van der Waals surface area (Å²) in [6.07, 6.45) is 0. The highest BCUT2D eigenvalue weighted by molar-refractivity contribution is 7.84. The summed E-state index contributed by atoms with van der Waals surface area (Å²) in [5.74, 6) is -0.162. The Kier molecular flexibility index (Phi) is 4.12. The van der Waals surface area contributed by atoms with Crippen LogP contribution in [0.25, 0.3) is 0 Å². The van der Waals surface area contributed by atoms with Crippen molar-refractivity contribution in [1.82, 2.24) is 0 Å². The highest BCUT2D eigenvalue weighted by atomic mass is 32.2. The summed E-state index contributed by atoms with van der Waals surface area (Å²) < 4.78 is 12.4. The summed E-state index contributed by atoms with van der Waals surface area (Å²) in [4.78, 5) is 11.8. The first-order chi connectivity index (χ1) is 9.09. The van der Waals surface area contributed by atoms with Gasteiger partial charge in [-0.2, -0.15) is 0 Å². The van der Waals surface area contributed by atoms with Gasteiger partial charge in [-0.1, -0.05) is 36.4 Å². The third-order valence-electron chi connectivity index (χ3n) is 2.95. The number of rotatable bonds is 4. The van der Waals surface area contributed by atoms with Gasteiger partial charge in [-0.25, -0.2) is 0 Å². The number of carbonyl (C=O) groups excluding carboxylic acids is 1. The van der Waals surface area contributed by atoms with Crippen molar-refractivity contribution >= 4 is 16.7 Å². The third-order valence-corrected chi connectivity index (χ3v) is 4.37. The molecule has 1 amide bonds. The average molecular weight is 273 g/mol. The number of hydrogen-bond acceptors (Lipinski definition) is 2. The van der Waals surface area contributed by atoms with Crippen molar-refractivity contribution in [3.8, 4) is 0 Å². The van der Waals surface area contributed by atoms with Gasteiger partial charge in [0.05, 0.1) is 27.0 Å². The molecule has 0 heterocycles. The molecule has 2 aromatic carbocycles. The van der Waals surface area contributed by atoms with Gasteiger partial charge in [-0.15, -0.1) is 0 Å². The molecule has 0 aliphatic rings. The van der Waals surface area contributed by atoms with Crippen molar-refractivity contribution < 1.29 is 9.00 Å². The molecule has 2 rings (SSSR count). The fraction of sp³-hybridized carbons (Fsp3) is 0.133. The van der Waals surface area contributed by atoms with Gasteiger partial charge in [0.15, 0.2) is 0 Å². The molecule has 0 spiro atoms. The Morgan fingerprint density at radius 2 is 1.74 bits per heavy atom. The van der Waals surface area contributed by atoms with Crippen LogP contribution in [0.5, 0.6) is 0 Å². The maximum atomic E-state index is 12.4. The van der Waals surface area contributed by atoms with Crippen molar-refractivity contribution in [3.05, 3.63) is 65.2 Å². The molecule has 2 N–H and O–H groups in total. The molecule has 19 heavy (non-hydrogen) atoms. The second kappa shape index (κ2) is 5.80. The Labute approximate surface area is 114 Å². The van der Waals surface area contributed by atoms with E-state index < -0.39 is 16.7 Å². The van der Waals surface area contributed by atoms with E-state index in [1.807, 2.05) is 31.2 Å². The van der Waals surface area contributed by atoms with Crippen LogP contribution in [0.3, 0.4) is 0 Å². The first kappa shape index (κ1) is 13.5. The SMILES string of the molecule is Cc1ccccc1CS(=O)c1ccccc1C(N)=O. The van der Waals surface area contributed by atoms with Crippen LogP contribution >= 0.6 is 0 Å². The second-order valence-corrected chi connectivity index (χ2v) is 5.70. The lowest BCUT2D eigenvalue weighted by atomic mass is 10.1. The van der Waals surface area contributed by atoms with Crippen LogP contribution in [0.1, 0.15) is 21.5 Å². The number of primary amides is 1. The largest absolute Gasteiger partial charge is 0.366 e. The van der Waals surface area contributed by atoms with E-state index >= 15 is 0 Å². The second-order valence-electron chi connectivity index (χ2n) is 4.28. The quantitative estimate of drug-likeness (QED) is 0.930. The number of benzene rings is 2. The van der Waals surface area contributed by atoms with Crippen LogP contribution in [0.15, 0.2) is 53.4 Å². The predicted octanol–water partition coefficient (Wildman–Crippen LogP) is 2.40. The van der Waals surface area contributed by atoms with Crippen molar-refractivity contribution in [2.45, 2.75) is 17.6 Å². The summed E-state index contributed by atoms with van der Waals surface area (Å²) in [6.45, 7) is 1.98. The fourth-order valence-corrected chi connectivity index (χ4v) is 3.27. The smallest absolute Gasteiger partial charge is 0.249 e. The van der Waals surface area contributed by atoms with E-state index in [0.29, 0.717) is 16.2 Å². The summed E-state index contributed by atoms with van der Waals surface area (Å²) in [5, 5.41) is 0. The molecule has 98 valence electrons. The molecular formula is C15H15NO2S. The van der Waals surface area contributed by atoms with Crippen LogP contribution in [0, 0.1) is 6.92 Å². The fourth-order valence-electron chi connectivity index (χ4n) is 1.86. The molecule has 0 radical (unpaired) electrons. The molecule has 2 aromatic rings. The highest BCUT2D eigenvalue weighted by Gasteiger charge is 2.14. The zero-order valence-corrected chi connectivity index (χ0v) is 11.4. The summed E-state index contributed by atoms with van der Waals surface area (Å²) in [7, 11) is -1.28. The molecule has 0 bridgehead atoms. The monoisotopic (exact) mass is 273 g/mol. The van der Waals surface area contributed by atoms with Crippen LogP contribution < -0.4 is 5.73 Å². The summed E-state index contributed by atoms with van der Waals surface area (Å²) in [5.41, 5.74) is 7.73. The lowest BCUT2D eigenvalue weighted by molar-refractivity contribution is 0.0997. The molecule has 0 saturated carbocycles. The van der Waals surface area contributed by atoms with E-state index in [2.05, 4.69) is 0 Å². The lowest BCUT2D eigenvalue weighted by Crippen LogP contribution is -2.14.